The number of aliphatic carboxylic acids is 1. The summed E-state index contributed by atoms with van der Waals surface area (Å²) in [5.41, 5.74) is 2.68. The molecule has 5 nitrogen and oxygen atoms in total. The molecule has 0 bridgehead atoms. The number of likely N-dealkylation sites (tertiary alicyclic amines) is 1. The van der Waals surface area contributed by atoms with E-state index in [2.05, 4.69) is 6.07 Å². The Morgan fingerprint density at radius 2 is 1.95 bits per heavy atom. The number of hydrogen-bond donors (Lipinski definition) is 1. The Kier molecular flexibility index (Phi) is 4.32. The summed E-state index contributed by atoms with van der Waals surface area (Å²) in [6.45, 7) is 0.409. The van der Waals surface area contributed by atoms with Crippen molar-refractivity contribution >= 4 is 11.9 Å². The number of hydrogen-bond acceptors (Lipinski definition) is 3. The number of carbonyl (C=O) groups excluding carboxylic acids is 1. The van der Waals surface area contributed by atoms with Crippen molar-refractivity contribution in [3.63, 3.8) is 0 Å². The highest BCUT2D eigenvalue weighted by molar-refractivity contribution is 5.85. The van der Waals surface area contributed by atoms with Crippen LogP contribution in [0.5, 0.6) is 5.75 Å². The van der Waals surface area contributed by atoms with Crippen molar-refractivity contribution in [2.24, 2.45) is 0 Å². The van der Waals surface area contributed by atoms with E-state index in [1.165, 1.54) is 28.9 Å². The Bertz CT molecular complexity index is 584. The third kappa shape index (κ3) is 3.08. The molecule has 1 amide bonds. The van der Waals surface area contributed by atoms with E-state index in [9.17, 15) is 9.59 Å². The van der Waals surface area contributed by atoms with Gasteiger partial charge in [-0.2, -0.15) is 0 Å². The smallest absolute Gasteiger partial charge is 0.326 e. The van der Waals surface area contributed by atoms with Gasteiger partial charge in [0.2, 0.25) is 0 Å². The van der Waals surface area contributed by atoms with Crippen LogP contribution < -0.4 is 4.74 Å². The van der Waals surface area contributed by atoms with Gasteiger partial charge in [-0.3, -0.25) is 4.79 Å². The van der Waals surface area contributed by atoms with E-state index in [-0.39, 0.29) is 12.5 Å². The quantitative estimate of drug-likeness (QED) is 0.924. The molecule has 0 unspecified atom stereocenters. The van der Waals surface area contributed by atoms with Crippen LogP contribution >= 0.6 is 0 Å². The van der Waals surface area contributed by atoms with E-state index in [4.69, 9.17) is 9.84 Å². The summed E-state index contributed by atoms with van der Waals surface area (Å²) in [6, 6.07) is 5.29. The molecule has 1 aliphatic carbocycles. The van der Waals surface area contributed by atoms with Crippen molar-refractivity contribution in [2.45, 2.75) is 44.6 Å². The molecule has 118 valence electrons. The Hall–Kier alpha value is -2.04. The van der Waals surface area contributed by atoms with Gasteiger partial charge in [0.05, 0.1) is 0 Å². The molecule has 5 heteroatoms. The molecule has 1 fully saturated rings. The van der Waals surface area contributed by atoms with Crippen LogP contribution in [-0.4, -0.2) is 41.1 Å². The number of carbonyl (C=O) groups is 2. The molecule has 3 rings (SSSR count). The lowest BCUT2D eigenvalue weighted by Crippen LogP contribution is -2.42. The largest absolute Gasteiger partial charge is 0.484 e. The van der Waals surface area contributed by atoms with Crippen LogP contribution in [0.3, 0.4) is 0 Å². The van der Waals surface area contributed by atoms with Gasteiger partial charge < -0.3 is 14.7 Å². The monoisotopic (exact) mass is 303 g/mol. The first-order chi connectivity index (χ1) is 10.6. The minimum Gasteiger partial charge on any atom is -0.484 e. The van der Waals surface area contributed by atoms with Crippen molar-refractivity contribution in [3.8, 4) is 5.75 Å². The Morgan fingerprint density at radius 3 is 2.73 bits per heavy atom. The van der Waals surface area contributed by atoms with E-state index in [0.717, 1.165) is 19.3 Å². The average molecular weight is 303 g/mol. The standard InChI is InChI=1S/C17H21NO4/c19-16(18-9-3-6-15(18)17(20)21)11-22-14-8-7-12-4-1-2-5-13(12)10-14/h7-8,10,15H,1-6,9,11H2,(H,20,21)/t15-/m1/s1. The topological polar surface area (TPSA) is 66.8 Å². The fourth-order valence-corrected chi connectivity index (χ4v) is 3.35. The summed E-state index contributed by atoms with van der Waals surface area (Å²) in [7, 11) is 0. The summed E-state index contributed by atoms with van der Waals surface area (Å²) < 4.78 is 5.59. The lowest BCUT2D eigenvalue weighted by molar-refractivity contribution is -0.148. The second-order valence-electron chi connectivity index (χ2n) is 6.01. The Balaban J connectivity index is 1.60. The van der Waals surface area contributed by atoms with Crippen molar-refractivity contribution in [3.05, 3.63) is 29.3 Å². The fourth-order valence-electron chi connectivity index (χ4n) is 3.35. The summed E-state index contributed by atoms with van der Waals surface area (Å²) in [6.07, 6.45) is 5.87. The van der Waals surface area contributed by atoms with E-state index in [1.54, 1.807) is 0 Å². The molecule has 2 aliphatic rings. The summed E-state index contributed by atoms with van der Waals surface area (Å²) in [5, 5.41) is 9.12. The molecule has 1 aromatic rings. The van der Waals surface area contributed by atoms with Gasteiger partial charge in [0.25, 0.3) is 5.91 Å². The zero-order valence-corrected chi connectivity index (χ0v) is 12.6. The van der Waals surface area contributed by atoms with Crippen LogP contribution in [0.15, 0.2) is 18.2 Å². The summed E-state index contributed by atoms with van der Waals surface area (Å²) in [5.74, 6) is -0.484. The van der Waals surface area contributed by atoms with Crippen molar-refractivity contribution in [1.29, 1.82) is 0 Å². The zero-order chi connectivity index (χ0) is 15.5. The van der Waals surface area contributed by atoms with Crippen LogP contribution in [-0.2, 0) is 22.4 Å². The molecular formula is C17H21NO4. The minimum atomic E-state index is -0.931. The summed E-state index contributed by atoms with van der Waals surface area (Å²) in [4.78, 5) is 24.7. The maximum Gasteiger partial charge on any atom is 0.326 e. The van der Waals surface area contributed by atoms with Gasteiger partial charge in [-0.1, -0.05) is 6.07 Å². The van der Waals surface area contributed by atoms with Crippen LogP contribution in [0.1, 0.15) is 36.8 Å². The molecule has 22 heavy (non-hydrogen) atoms. The van der Waals surface area contributed by atoms with Gasteiger partial charge in [0, 0.05) is 6.54 Å². The highest BCUT2D eigenvalue weighted by atomic mass is 16.5. The van der Waals surface area contributed by atoms with E-state index in [0.29, 0.717) is 18.7 Å². The number of nitrogens with zero attached hydrogens (tertiary/aromatic N) is 1. The van der Waals surface area contributed by atoms with Gasteiger partial charge in [0.15, 0.2) is 6.61 Å². The molecule has 0 aromatic heterocycles. The zero-order valence-electron chi connectivity index (χ0n) is 12.6. The number of aryl methyl sites for hydroxylation is 2. The van der Waals surface area contributed by atoms with Gasteiger partial charge in [-0.25, -0.2) is 4.79 Å². The number of carboxylic acid groups (broad SMARTS) is 1. The van der Waals surface area contributed by atoms with Gasteiger partial charge >= 0.3 is 5.97 Å². The third-order valence-electron chi connectivity index (χ3n) is 4.54. The molecule has 0 spiro atoms. The lowest BCUT2D eigenvalue weighted by atomic mass is 9.92. The fraction of sp³-hybridized carbons (Fsp3) is 0.529. The van der Waals surface area contributed by atoms with Crippen LogP contribution in [0.4, 0.5) is 0 Å². The number of amides is 1. The first-order valence-corrected chi connectivity index (χ1v) is 7.92. The Morgan fingerprint density at radius 1 is 1.18 bits per heavy atom. The highest BCUT2D eigenvalue weighted by Gasteiger charge is 2.33. The van der Waals surface area contributed by atoms with E-state index >= 15 is 0 Å². The lowest BCUT2D eigenvalue weighted by Gasteiger charge is -2.22. The summed E-state index contributed by atoms with van der Waals surface area (Å²) >= 11 is 0. The maximum absolute atomic E-state index is 12.2. The van der Waals surface area contributed by atoms with Crippen LogP contribution in [0.25, 0.3) is 0 Å². The maximum atomic E-state index is 12.2. The average Bonchev–Trinajstić information content (AvgIpc) is 3.02. The van der Waals surface area contributed by atoms with E-state index < -0.39 is 12.0 Å². The first kappa shape index (κ1) is 14.9. The van der Waals surface area contributed by atoms with Crippen molar-refractivity contribution < 1.29 is 19.4 Å². The molecule has 1 heterocycles. The molecule has 1 aliphatic heterocycles. The van der Waals surface area contributed by atoms with Crippen LogP contribution in [0, 0.1) is 0 Å². The van der Waals surface area contributed by atoms with Gasteiger partial charge in [-0.05, 0) is 61.8 Å². The number of carboxylic acids is 1. The van der Waals surface area contributed by atoms with Gasteiger partial charge in [0.1, 0.15) is 11.8 Å². The Labute approximate surface area is 129 Å². The molecule has 0 radical (unpaired) electrons. The third-order valence-corrected chi connectivity index (χ3v) is 4.54. The highest BCUT2D eigenvalue weighted by Crippen LogP contribution is 2.25. The molecule has 1 atom stereocenters. The molecular weight excluding hydrogens is 282 g/mol. The van der Waals surface area contributed by atoms with Crippen molar-refractivity contribution in [2.75, 3.05) is 13.2 Å². The molecule has 1 N–H and O–H groups in total. The first-order valence-electron chi connectivity index (χ1n) is 7.92. The van der Waals surface area contributed by atoms with Crippen molar-refractivity contribution in [1.82, 2.24) is 4.90 Å². The minimum absolute atomic E-state index is 0.0947. The second kappa shape index (κ2) is 6.38. The predicted octanol–water partition coefficient (Wildman–Crippen LogP) is 2.02. The SMILES string of the molecule is O=C(O)[C@H]1CCCN1C(=O)COc1ccc2c(c1)CCCC2. The number of benzene rings is 1. The molecule has 1 aromatic carbocycles. The molecule has 1 saturated heterocycles. The number of fused-ring (bicyclic) bond motifs is 1. The number of ether oxygens (including phenoxy) is 1. The second-order valence-corrected chi connectivity index (χ2v) is 6.01. The normalized spacial score (nSPS) is 20.5. The number of rotatable bonds is 4. The van der Waals surface area contributed by atoms with Gasteiger partial charge in [-0.15, -0.1) is 0 Å². The van der Waals surface area contributed by atoms with Crippen LogP contribution in [0.2, 0.25) is 0 Å². The van der Waals surface area contributed by atoms with E-state index in [1.807, 2.05) is 12.1 Å². The molecule has 0 saturated carbocycles. The predicted molar refractivity (Wildman–Crippen MR) is 80.9 cm³/mol.